The van der Waals surface area contributed by atoms with Gasteiger partial charge in [-0.25, -0.2) is 4.79 Å². The van der Waals surface area contributed by atoms with Crippen molar-refractivity contribution in [1.29, 1.82) is 0 Å². The molecular formula is C8H6FNO4S. The zero-order valence-corrected chi connectivity index (χ0v) is 8.41. The topological polar surface area (TPSA) is 72.8 Å². The molecule has 0 aliphatic carbocycles. The summed E-state index contributed by atoms with van der Waals surface area (Å²) in [6, 6.07) is 3.10. The molecule has 1 aromatic carbocycles. The van der Waals surface area contributed by atoms with E-state index < -0.39 is 15.1 Å². The van der Waals surface area contributed by atoms with E-state index >= 15 is 0 Å². The van der Waals surface area contributed by atoms with Crippen molar-refractivity contribution < 1.29 is 21.8 Å². The lowest BCUT2D eigenvalue weighted by Gasteiger charge is -2.03. The van der Waals surface area contributed by atoms with Crippen LogP contribution < -0.4 is 4.74 Å². The number of nitrogens with zero attached hydrogens (tertiary/aromatic N) is 1. The predicted molar refractivity (Wildman–Crippen MR) is 49.1 cm³/mol. The first-order valence-corrected chi connectivity index (χ1v) is 5.08. The number of hydrogen-bond acceptors (Lipinski definition) is 5. The Bertz CT molecular complexity index is 519. The van der Waals surface area contributed by atoms with Crippen LogP contribution in [-0.2, 0) is 15.0 Å². The molecule has 0 fully saturated rings. The molecule has 0 atom stereocenters. The van der Waals surface area contributed by atoms with Crippen LogP contribution in [0.25, 0.3) is 0 Å². The third-order valence-corrected chi connectivity index (χ3v) is 2.41. The first-order valence-electron chi connectivity index (χ1n) is 3.69. The smallest absolute Gasteiger partial charge is 0.332 e. The second-order valence-corrected chi connectivity index (χ2v) is 3.82. The molecule has 0 amide bonds. The van der Waals surface area contributed by atoms with E-state index in [4.69, 9.17) is 4.74 Å². The zero-order valence-electron chi connectivity index (χ0n) is 7.60. The molecule has 0 saturated carbocycles. The van der Waals surface area contributed by atoms with Gasteiger partial charge in [-0.15, -0.1) is 3.89 Å². The van der Waals surface area contributed by atoms with Gasteiger partial charge < -0.3 is 4.74 Å². The third kappa shape index (κ3) is 2.61. The van der Waals surface area contributed by atoms with Crippen LogP contribution in [0.2, 0.25) is 0 Å². The Balaban J connectivity index is 3.41. The maximum absolute atomic E-state index is 12.6. The van der Waals surface area contributed by atoms with E-state index in [-0.39, 0.29) is 11.4 Å². The molecule has 0 aromatic heterocycles. The fraction of sp³-hybridized carbons (Fsp3) is 0.125. The second-order valence-electron chi connectivity index (χ2n) is 2.47. The Morgan fingerprint density at radius 2 is 2.13 bits per heavy atom. The molecule has 0 aliphatic heterocycles. The quantitative estimate of drug-likeness (QED) is 0.446. The fourth-order valence-electron chi connectivity index (χ4n) is 0.958. The monoisotopic (exact) mass is 231 g/mol. The van der Waals surface area contributed by atoms with Crippen LogP contribution in [0.5, 0.6) is 5.75 Å². The minimum atomic E-state index is -4.81. The van der Waals surface area contributed by atoms with Gasteiger partial charge in [0.05, 0.1) is 7.11 Å². The van der Waals surface area contributed by atoms with Crippen molar-refractivity contribution in [1.82, 2.24) is 0 Å². The second kappa shape index (κ2) is 4.20. The fourth-order valence-corrected chi connectivity index (χ4v) is 1.44. The van der Waals surface area contributed by atoms with Gasteiger partial charge in [-0.2, -0.15) is 13.4 Å². The lowest BCUT2D eigenvalue weighted by molar-refractivity contribution is 0.415. The molecule has 0 spiro atoms. The third-order valence-electron chi connectivity index (χ3n) is 1.60. The standard InChI is InChI=1S/C8H6FNO4S/c1-14-8-3-2-6(15(9,12)13)4-7(8)10-5-11/h2-4H,1H3. The number of ether oxygens (including phenoxy) is 1. The molecule has 80 valence electrons. The number of carbonyl (C=O) groups excluding carboxylic acids is 1. The van der Waals surface area contributed by atoms with Gasteiger partial charge in [-0.05, 0) is 18.2 Å². The predicted octanol–water partition coefficient (Wildman–Crippen LogP) is 1.32. The van der Waals surface area contributed by atoms with Crippen molar-refractivity contribution >= 4 is 22.0 Å². The Morgan fingerprint density at radius 1 is 1.47 bits per heavy atom. The molecule has 15 heavy (non-hydrogen) atoms. The van der Waals surface area contributed by atoms with Crippen molar-refractivity contribution in [2.24, 2.45) is 4.99 Å². The summed E-state index contributed by atoms with van der Waals surface area (Å²) in [7, 11) is -3.51. The Labute approximate surface area is 85.4 Å². The van der Waals surface area contributed by atoms with E-state index in [1.54, 1.807) is 0 Å². The van der Waals surface area contributed by atoms with Gasteiger partial charge in [-0.3, -0.25) is 0 Å². The molecule has 7 heteroatoms. The number of rotatable bonds is 3. The van der Waals surface area contributed by atoms with Crippen molar-refractivity contribution in [3.05, 3.63) is 18.2 Å². The zero-order chi connectivity index (χ0) is 11.5. The lowest BCUT2D eigenvalue weighted by atomic mass is 10.3. The number of aliphatic imine (C=N–C) groups is 1. The highest BCUT2D eigenvalue weighted by atomic mass is 32.3. The van der Waals surface area contributed by atoms with Gasteiger partial charge in [0.15, 0.2) is 0 Å². The molecule has 0 N–H and O–H groups in total. The van der Waals surface area contributed by atoms with Crippen LogP contribution in [0.15, 0.2) is 28.1 Å². The normalized spacial score (nSPS) is 10.5. The molecule has 1 rings (SSSR count). The molecular weight excluding hydrogens is 225 g/mol. The summed E-state index contributed by atoms with van der Waals surface area (Å²) >= 11 is 0. The Hall–Kier alpha value is -1.72. The Morgan fingerprint density at radius 3 is 2.60 bits per heavy atom. The van der Waals surface area contributed by atoms with Crippen LogP contribution >= 0.6 is 0 Å². The van der Waals surface area contributed by atoms with Crippen LogP contribution in [-0.4, -0.2) is 21.6 Å². The summed E-state index contributed by atoms with van der Waals surface area (Å²) in [5.74, 6) is 0.158. The van der Waals surface area contributed by atoms with Crippen molar-refractivity contribution in [3.8, 4) is 5.75 Å². The summed E-state index contributed by atoms with van der Waals surface area (Å²) in [5, 5.41) is 0. The molecule has 5 nitrogen and oxygen atoms in total. The number of benzene rings is 1. The number of methoxy groups -OCH3 is 1. The van der Waals surface area contributed by atoms with Gasteiger partial charge in [0, 0.05) is 0 Å². The van der Waals surface area contributed by atoms with E-state index in [0.717, 1.165) is 12.1 Å². The molecule has 0 bridgehead atoms. The van der Waals surface area contributed by atoms with Gasteiger partial charge in [0.2, 0.25) is 6.08 Å². The highest BCUT2D eigenvalue weighted by Gasteiger charge is 2.14. The largest absolute Gasteiger partial charge is 0.494 e. The average Bonchev–Trinajstić information content (AvgIpc) is 2.17. The number of isocyanates is 1. The van der Waals surface area contributed by atoms with E-state index in [2.05, 4.69) is 4.99 Å². The van der Waals surface area contributed by atoms with Crippen molar-refractivity contribution in [2.45, 2.75) is 4.90 Å². The Kier molecular flexibility index (Phi) is 3.18. The average molecular weight is 231 g/mol. The SMILES string of the molecule is COc1ccc(S(=O)(=O)F)cc1N=C=O. The lowest BCUT2D eigenvalue weighted by Crippen LogP contribution is -1.92. The van der Waals surface area contributed by atoms with Gasteiger partial charge >= 0.3 is 10.2 Å². The number of hydrogen-bond donors (Lipinski definition) is 0. The first-order chi connectivity index (χ1) is 6.99. The first kappa shape index (κ1) is 11.4. The highest BCUT2D eigenvalue weighted by molar-refractivity contribution is 7.86. The minimum Gasteiger partial charge on any atom is -0.494 e. The van der Waals surface area contributed by atoms with Crippen LogP contribution in [0.1, 0.15) is 0 Å². The highest BCUT2D eigenvalue weighted by Crippen LogP contribution is 2.30. The van der Waals surface area contributed by atoms with Crippen molar-refractivity contribution in [2.75, 3.05) is 7.11 Å². The van der Waals surface area contributed by atoms with E-state index in [1.807, 2.05) is 0 Å². The molecule has 0 radical (unpaired) electrons. The maximum atomic E-state index is 12.6. The summed E-state index contributed by atoms with van der Waals surface area (Å²) in [4.78, 5) is 12.6. The van der Waals surface area contributed by atoms with Gasteiger partial charge in [0.25, 0.3) is 0 Å². The van der Waals surface area contributed by atoms with E-state index in [0.29, 0.717) is 0 Å². The van der Waals surface area contributed by atoms with Gasteiger partial charge in [0.1, 0.15) is 16.3 Å². The number of halogens is 1. The van der Waals surface area contributed by atoms with Crippen molar-refractivity contribution in [3.63, 3.8) is 0 Å². The van der Waals surface area contributed by atoms with Crippen LogP contribution in [0.3, 0.4) is 0 Å². The van der Waals surface area contributed by atoms with Gasteiger partial charge in [-0.1, -0.05) is 0 Å². The molecule has 0 unspecified atom stereocenters. The van der Waals surface area contributed by atoms with E-state index in [1.165, 1.54) is 19.3 Å². The molecule has 0 saturated heterocycles. The minimum absolute atomic E-state index is 0.0915. The summed E-state index contributed by atoms with van der Waals surface area (Å²) in [6.45, 7) is 0. The molecule has 0 aliphatic rings. The maximum Gasteiger partial charge on any atom is 0.332 e. The van der Waals surface area contributed by atoms with E-state index in [9.17, 15) is 17.1 Å². The summed E-state index contributed by atoms with van der Waals surface area (Å²) in [6.07, 6.45) is 1.22. The molecule has 0 heterocycles. The van der Waals surface area contributed by atoms with Crippen LogP contribution in [0, 0.1) is 0 Å². The summed E-state index contributed by atoms with van der Waals surface area (Å²) < 4.78 is 38.4. The molecule has 1 aromatic rings. The summed E-state index contributed by atoms with van der Waals surface area (Å²) in [5.41, 5.74) is -0.0915. The van der Waals surface area contributed by atoms with Crippen LogP contribution in [0.4, 0.5) is 9.57 Å².